The molecule has 1 aromatic rings. The Morgan fingerprint density at radius 1 is 1.31 bits per heavy atom. The first-order valence-electron chi connectivity index (χ1n) is 4.61. The van der Waals surface area contributed by atoms with E-state index in [4.69, 9.17) is 4.74 Å². The maximum Gasteiger partial charge on any atom is 0.0850 e. The van der Waals surface area contributed by atoms with Crippen LogP contribution in [-0.4, -0.2) is 26.8 Å². The van der Waals surface area contributed by atoms with Crippen LogP contribution < -0.4 is 5.32 Å². The number of hydrogen-bond acceptors (Lipinski definition) is 2. The highest BCUT2D eigenvalue weighted by atomic mass is 16.6. The van der Waals surface area contributed by atoms with E-state index in [9.17, 15) is 0 Å². The second kappa shape index (κ2) is 5.73. The highest BCUT2D eigenvalue weighted by molar-refractivity contribution is 5.16. The molecule has 13 heavy (non-hydrogen) atoms. The van der Waals surface area contributed by atoms with Crippen LogP contribution in [0.1, 0.15) is 5.56 Å². The third kappa shape index (κ3) is 4.65. The molecule has 0 spiro atoms. The van der Waals surface area contributed by atoms with Gasteiger partial charge in [0.15, 0.2) is 0 Å². The molecule has 0 amide bonds. The Morgan fingerprint density at radius 2 is 1.85 bits per heavy atom. The van der Waals surface area contributed by atoms with Gasteiger partial charge in [-0.15, -0.1) is 0 Å². The first kappa shape index (κ1) is 10.2. The van der Waals surface area contributed by atoms with E-state index in [0.29, 0.717) is 6.10 Å². The average Bonchev–Trinajstić information content (AvgIpc) is 2.92. The number of epoxide rings is 1. The van der Waals surface area contributed by atoms with Gasteiger partial charge in [-0.05, 0) is 19.7 Å². The minimum absolute atomic E-state index is 0.516. The van der Waals surface area contributed by atoms with Crippen LogP contribution >= 0.6 is 0 Å². The van der Waals surface area contributed by atoms with Crippen LogP contribution in [0.2, 0.25) is 0 Å². The summed E-state index contributed by atoms with van der Waals surface area (Å²) < 4.78 is 5.11. The van der Waals surface area contributed by atoms with Crippen LogP contribution in [0.5, 0.6) is 0 Å². The van der Waals surface area contributed by atoms with Crippen molar-refractivity contribution in [1.29, 1.82) is 0 Å². The van der Waals surface area contributed by atoms with Gasteiger partial charge in [0.2, 0.25) is 0 Å². The van der Waals surface area contributed by atoms with E-state index in [1.165, 1.54) is 5.56 Å². The van der Waals surface area contributed by atoms with Crippen LogP contribution in [0.15, 0.2) is 30.3 Å². The number of benzene rings is 1. The van der Waals surface area contributed by atoms with Crippen molar-refractivity contribution < 1.29 is 4.74 Å². The summed E-state index contributed by atoms with van der Waals surface area (Å²) in [6.07, 6.45) is 1.60. The van der Waals surface area contributed by atoms with E-state index in [1.54, 1.807) is 0 Å². The largest absolute Gasteiger partial charge is 0.373 e. The van der Waals surface area contributed by atoms with Crippen molar-refractivity contribution in [2.24, 2.45) is 0 Å². The van der Waals surface area contributed by atoms with Crippen LogP contribution in [-0.2, 0) is 11.2 Å². The van der Waals surface area contributed by atoms with Gasteiger partial charge in [-0.3, -0.25) is 0 Å². The smallest absolute Gasteiger partial charge is 0.0850 e. The maximum atomic E-state index is 5.11. The lowest BCUT2D eigenvalue weighted by atomic mass is 10.1. The molecule has 1 aliphatic rings. The van der Waals surface area contributed by atoms with Crippen molar-refractivity contribution >= 4 is 0 Å². The van der Waals surface area contributed by atoms with Gasteiger partial charge in [0, 0.05) is 6.42 Å². The molecule has 0 aliphatic carbocycles. The molecule has 2 rings (SSSR count). The Morgan fingerprint density at radius 3 is 2.31 bits per heavy atom. The predicted octanol–water partition coefficient (Wildman–Crippen LogP) is 1.46. The Kier molecular flexibility index (Phi) is 4.50. The summed E-state index contributed by atoms with van der Waals surface area (Å²) in [7, 11) is 3.75. The molecule has 0 saturated carbocycles. The highest BCUT2D eigenvalue weighted by Gasteiger charge is 2.21. The Hall–Kier alpha value is -0.860. The van der Waals surface area contributed by atoms with Crippen LogP contribution in [0.3, 0.4) is 0 Å². The maximum absolute atomic E-state index is 5.11. The SMILES string of the molecule is CNC.c1ccc(CC2CO2)cc1. The molecule has 1 N–H and O–H groups in total. The van der Waals surface area contributed by atoms with Crippen LogP contribution in [0.25, 0.3) is 0 Å². The van der Waals surface area contributed by atoms with Crippen molar-refractivity contribution in [1.82, 2.24) is 5.32 Å². The molecule has 0 bridgehead atoms. The summed E-state index contributed by atoms with van der Waals surface area (Å²) in [5.41, 5.74) is 1.38. The Bertz CT molecular complexity index is 219. The number of ether oxygens (including phenoxy) is 1. The van der Waals surface area contributed by atoms with Gasteiger partial charge in [-0.2, -0.15) is 0 Å². The fraction of sp³-hybridized carbons (Fsp3) is 0.455. The van der Waals surface area contributed by atoms with Gasteiger partial charge in [-0.25, -0.2) is 0 Å². The van der Waals surface area contributed by atoms with Crippen molar-refractivity contribution in [2.45, 2.75) is 12.5 Å². The second-order valence-corrected chi connectivity index (χ2v) is 3.15. The second-order valence-electron chi connectivity index (χ2n) is 3.15. The molecule has 1 aromatic carbocycles. The first-order valence-corrected chi connectivity index (χ1v) is 4.61. The molecule has 1 heterocycles. The predicted molar refractivity (Wildman–Crippen MR) is 54.9 cm³/mol. The van der Waals surface area contributed by atoms with Gasteiger partial charge >= 0.3 is 0 Å². The van der Waals surface area contributed by atoms with E-state index in [0.717, 1.165) is 13.0 Å². The summed E-state index contributed by atoms with van der Waals surface area (Å²) in [6.45, 7) is 0.953. The quantitative estimate of drug-likeness (QED) is 0.695. The fourth-order valence-corrected chi connectivity index (χ4v) is 1.06. The van der Waals surface area contributed by atoms with E-state index in [1.807, 2.05) is 20.2 Å². The zero-order valence-corrected chi connectivity index (χ0v) is 8.29. The minimum Gasteiger partial charge on any atom is -0.373 e. The monoisotopic (exact) mass is 179 g/mol. The van der Waals surface area contributed by atoms with E-state index in [-0.39, 0.29) is 0 Å². The summed E-state index contributed by atoms with van der Waals surface area (Å²) in [6, 6.07) is 10.5. The average molecular weight is 179 g/mol. The molecular weight excluding hydrogens is 162 g/mol. The van der Waals surface area contributed by atoms with Gasteiger partial charge in [0.1, 0.15) is 0 Å². The summed E-state index contributed by atoms with van der Waals surface area (Å²) >= 11 is 0. The molecular formula is C11H17NO. The summed E-state index contributed by atoms with van der Waals surface area (Å²) in [5, 5.41) is 2.75. The molecule has 2 nitrogen and oxygen atoms in total. The third-order valence-corrected chi connectivity index (χ3v) is 1.71. The molecule has 0 aromatic heterocycles. The van der Waals surface area contributed by atoms with Crippen LogP contribution in [0, 0.1) is 0 Å². The van der Waals surface area contributed by atoms with E-state index < -0.39 is 0 Å². The lowest BCUT2D eigenvalue weighted by molar-refractivity contribution is 0.407. The zero-order chi connectivity index (χ0) is 9.52. The van der Waals surface area contributed by atoms with E-state index in [2.05, 4.69) is 29.6 Å². The molecule has 1 saturated heterocycles. The number of rotatable bonds is 2. The number of nitrogens with one attached hydrogen (secondary N) is 1. The third-order valence-electron chi connectivity index (χ3n) is 1.71. The molecule has 1 fully saturated rings. The molecule has 1 atom stereocenters. The Labute approximate surface area is 79.9 Å². The van der Waals surface area contributed by atoms with Gasteiger partial charge in [0.05, 0.1) is 12.7 Å². The highest BCUT2D eigenvalue weighted by Crippen LogP contribution is 2.15. The van der Waals surface area contributed by atoms with Crippen molar-refractivity contribution in [2.75, 3.05) is 20.7 Å². The fourth-order valence-electron chi connectivity index (χ4n) is 1.06. The lowest BCUT2D eigenvalue weighted by Gasteiger charge is -1.93. The minimum atomic E-state index is 0.516. The van der Waals surface area contributed by atoms with Gasteiger partial charge < -0.3 is 10.1 Å². The lowest BCUT2D eigenvalue weighted by Crippen LogP contribution is -1.90. The number of hydrogen-bond donors (Lipinski definition) is 1. The van der Waals surface area contributed by atoms with Crippen molar-refractivity contribution in [3.05, 3.63) is 35.9 Å². The van der Waals surface area contributed by atoms with Gasteiger partial charge in [0.25, 0.3) is 0 Å². The first-order chi connectivity index (χ1) is 6.36. The Balaban J connectivity index is 0.000000251. The molecule has 72 valence electrons. The molecule has 0 radical (unpaired) electrons. The summed E-state index contributed by atoms with van der Waals surface area (Å²) in [5.74, 6) is 0. The molecule has 1 aliphatic heterocycles. The van der Waals surface area contributed by atoms with Crippen molar-refractivity contribution in [3.63, 3.8) is 0 Å². The topological polar surface area (TPSA) is 24.6 Å². The zero-order valence-electron chi connectivity index (χ0n) is 8.29. The van der Waals surface area contributed by atoms with Crippen molar-refractivity contribution in [3.8, 4) is 0 Å². The van der Waals surface area contributed by atoms with E-state index >= 15 is 0 Å². The van der Waals surface area contributed by atoms with Gasteiger partial charge in [-0.1, -0.05) is 30.3 Å². The van der Waals surface area contributed by atoms with Crippen LogP contribution in [0.4, 0.5) is 0 Å². The normalized spacial score (nSPS) is 18.8. The summed E-state index contributed by atoms with van der Waals surface area (Å²) in [4.78, 5) is 0. The molecule has 1 unspecified atom stereocenters. The standard InChI is InChI=1S/C9H10O.C2H7N/c1-2-4-8(5-3-1)6-9-7-10-9;1-3-2/h1-5,9H,6-7H2;3H,1-2H3. The molecule has 2 heteroatoms.